The maximum absolute atomic E-state index is 5.79. The van der Waals surface area contributed by atoms with Crippen LogP contribution < -0.4 is 0 Å². The van der Waals surface area contributed by atoms with Crippen molar-refractivity contribution >= 4 is 11.8 Å². The van der Waals surface area contributed by atoms with Crippen LogP contribution in [0.15, 0.2) is 63.0 Å². The molecule has 0 fully saturated rings. The largest absolute Gasteiger partial charge is 0.411 e. The van der Waals surface area contributed by atoms with E-state index in [1.54, 1.807) is 12.4 Å². The minimum Gasteiger partial charge on any atom is -0.411 e. The minimum atomic E-state index is 0.117. The summed E-state index contributed by atoms with van der Waals surface area (Å²) in [4.78, 5) is 8.42. The van der Waals surface area contributed by atoms with E-state index in [1.807, 2.05) is 24.3 Å². The van der Waals surface area contributed by atoms with Crippen LogP contribution in [0.4, 0.5) is 0 Å². The van der Waals surface area contributed by atoms with E-state index in [4.69, 9.17) is 8.94 Å². The number of hydrogen-bond donors (Lipinski definition) is 0. The van der Waals surface area contributed by atoms with Gasteiger partial charge in [-0.3, -0.25) is 4.98 Å². The standard InChI is InChI=1S/C22H23N5O2S/c1-22(2,3)17-8-6-16(7-9-17)20-25-26-21(28-20)30-14-4-5-18-24-19(27-29-18)15-10-12-23-13-11-15/h6-13H,4-5,14H2,1-3H3. The molecule has 0 aliphatic heterocycles. The Morgan fingerprint density at radius 3 is 2.43 bits per heavy atom. The molecular weight excluding hydrogens is 398 g/mol. The van der Waals surface area contributed by atoms with Crippen molar-refractivity contribution in [2.45, 2.75) is 44.3 Å². The summed E-state index contributed by atoms with van der Waals surface area (Å²) >= 11 is 1.53. The molecule has 8 heteroatoms. The first kappa shape index (κ1) is 20.3. The number of benzene rings is 1. The van der Waals surface area contributed by atoms with Crippen molar-refractivity contribution in [3.8, 4) is 22.8 Å². The summed E-state index contributed by atoms with van der Waals surface area (Å²) < 4.78 is 11.1. The molecule has 7 nitrogen and oxygen atoms in total. The highest BCUT2D eigenvalue weighted by Crippen LogP contribution is 2.27. The molecule has 0 saturated carbocycles. The Balaban J connectivity index is 1.28. The Hall–Kier alpha value is -3.00. The summed E-state index contributed by atoms with van der Waals surface area (Å²) in [5.41, 5.74) is 3.21. The Kier molecular flexibility index (Phi) is 5.94. The van der Waals surface area contributed by atoms with Gasteiger partial charge in [-0.1, -0.05) is 49.8 Å². The van der Waals surface area contributed by atoms with Crippen LogP contribution >= 0.6 is 11.8 Å². The molecule has 0 N–H and O–H groups in total. The number of rotatable bonds is 7. The summed E-state index contributed by atoms with van der Waals surface area (Å²) in [5, 5.41) is 12.9. The molecule has 3 heterocycles. The van der Waals surface area contributed by atoms with Gasteiger partial charge >= 0.3 is 0 Å². The fourth-order valence-corrected chi connectivity index (χ4v) is 3.55. The molecule has 4 aromatic rings. The molecule has 3 aromatic heterocycles. The third-order valence-corrected chi connectivity index (χ3v) is 5.48. The lowest BCUT2D eigenvalue weighted by atomic mass is 9.87. The topological polar surface area (TPSA) is 90.7 Å². The lowest BCUT2D eigenvalue weighted by molar-refractivity contribution is 0.378. The first-order chi connectivity index (χ1) is 14.5. The minimum absolute atomic E-state index is 0.117. The predicted octanol–water partition coefficient (Wildman–Crippen LogP) is 5.20. The quantitative estimate of drug-likeness (QED) is 0.297. The average molecular weight is 422 g/mol. The van der Waals surface area contributed by atoms with E-state index in [9.17, 15) is 0 Å². The average Bonchev–Trinajstić information content (AvgIpc) is 3.41. The Labute approximate surface area is 179 Å². The summed E-state index contributed by atoms with van der Waals surface area (Å²) in [6.45, 7) is 6.58. The molecule has 0 amide bonds. The van der Waals surface area contributed by atoms with Gasteiger partial charge in [-0.05, 0) is 41.7 Å². The monoisotopic (exact) mass is 421 g/mol. The molecule has 0 bridgehead atoms. The molecule has 0 saturated heterocycles. The van der Waals surface area contributed by atoms with Gasteiger partial charge in [0.15, 0.2) is 0 Å². The molecule has 154 valence electrons. The van der Waals surface area contributed by atoms with Gasteiger partial charge < -0.3 is 8.94 Å². The molecule has 30 heavy (non-hydrogen) atoms. The normalized spacial score (nSPS) is 11.7. The van der Waals surface area contributed by atoms with Crippen LogP contribution in [-0.4, -0.2) is 31.1 Å². The number of aryl methyl sites for hydroxylation is 1. The van der Waals surface area contributed by atoms with Gasteiger partial charge in [0.2, 0.25) is 17.6 Å². The van der Waals surface area contributed by atoms with Crippen LogP contribution in [-0.2, 0) is 11.8 Å². The first-order valence-electron chi connectivity index (χ1n) is 9.79. The molecule has 0 radical (unpaired) electrons. The van der Waals surface area contributed by atoms with E-state index < -0.39 is 0 Å². The van der Waals surface area contributed by atoms with E-state index in [0.717, 1.165) is 23.3 Å². The maximum atomic E-state index is 5.79. The summed E-state index contributed by atoms with van der Waals surface area (Å²) in [6.07, 6.45) is 4.97. The number of aromatic nitrogens is 5. The van der Waals surface area contributed by atoms with Crippen LogP contribution in [0.1, 0.15) is 38.6 Å². The Bertz CT molecular complexity index is 1080. The second-order valence-corrected chi connectivity index (χ2v) is 8.95. The van der Waals surface area contributed by atoms with Crippen molar-refractivity contribution in [2.24, 2.45) is 0 Å². The highest BCUT2D eigenvalue weighted by Gasteiger charge is 2.15. The van der Waals surface area contributed by atoms with E-state index in [2.05, 4.69) is 58.2 Å². The molecule has 0 atom stereocenters. The van der Waals surface area contributed by atoms with Gasteiger partial charge in [-0.2, -0.15) is 4.98 Å². The van der Waals surface area contributed by atoms with Crippen molar-refractivity contribution in [1.82, 2.24) is 25.3 Å². The van der Waals surface area contributed by atoms with Gasteiger partial charge in [0.1, 0.15) is 0 Å². The number of hydrogen-bond acceptors (Lipinski definition) is 8. The van der Waals surface area contributed by atoms with Crippen molar-refractivity contribution in [3.05, 3.63) is 60.2 Å². The zero-order valence-electron chi connectivity index (χ0n) is 17.2. The van der Waals surface area contributed by atoms with Crippen LogP contribution in [0.5, 0.6) is 0 Å². The zero-order chi connectivity index (χ0) is 21.0. The van der Waals surface area contributed by atoms with Gasteiger partial charge in [0, 0.05) is 35.7 Å². The fourth-order valence-electron chi connectivity index (χ4n) is 2.86. The summed E-state index contributed by atoms with van der Waals surface area (Å²) in [6, 6.07) is 12.0. The highest BCUT2D eigenvalue weighted by molar-refractivity contribution is 7.99. The number of thioether (sulfide) groups is 1. The molecule has 0 aliphatic carbocycles. The maximum Gasteiger partial charge on any atom is 0.276 e. The summed E-state index contributed by atoms with van der Waals surface area (Å²) in [7, 11) is 0. The first-order valence-corrected chi connectivity index (χ1v) is 10.8. The second kappa shape index (κ2) is 8.79. The number of nitrogens with zero attached hydrogens (tertiary/aromatic N) is 5. The van der Waals surface area contributed by atoms with Crippen LogP contribution in [0, 0.1) is 0 Å². The summed E-state index contributed by atoms with van der Waals surface area (Å²) in [5.74, 6) is 2.56. The zero-order valence-corrected chi connectivity index (χ0v) is 18.0. The van der Waals surface area contributed by atoms with E-state index >= 15 is 0 Å². The van der Waals surface area contributed by atoms with E-state index in [-0.39, 0.29) is 5.41 Å². The van der Waals surface area contributed by atoms with Crippen molar-refractivity contribution < 1.29 is 8.94 Å². The fraction of sp³-hybridized carbons (Fsp3) is 0.318. The Morgan fingerprint density at radius 1 is 0.933 bits per heavy atom. The smallest absolute Gasteiger partial charge is 0.276 e. The predicted molar refractivity (Wildman–Crippen MR) is 115 cm³/mol. The third kappa shape index (κ3) is 4.94. The molecular formula is C22H23N5O2S. The van der Waals surface area contributed by atoms with Gasteiger partial charge in [0.05, 0.1) is 0 Å². The van der Waals surface area contributed by atoms with Crippen molar-refractivity contribution in [3.63, 3.8) is 0 Å². The lowest BCUT2D eigenvalue weighted by Crippen LogP contribution is -2.10. The van der Waals surface area contributed by atoms with Crippen molar-refractivity contribution in [2.75, 3.05) is 5.75 Å². The molecule has 0 unspecified atom stereocenters. The van der Waals surface area contributed by atoms with E-state index in [0.29, 0.717) is 29.2 Å². The van der Waals surface area contributed by atoms with Crippen LogP contribution in [0.25, 0.3) is 22.8 Å². The lowest BCUT2D eigenvalue weighted by Gasteiger charge is -2.18. The van der Waals surface area contributed by atoms with Crippen LogP contribution in [0.2, 0.25) is 0 Å². The molecule has 0 spiro atoms. The van der Waals surface area contributed by atoms with Gasteiger partial charge in [-0.25, -0.2) is 0 Å². The Morgan fingerprint density at radius 2 is 1.70 bits per heavy atom. The molecule has 1 aromatic carbocycles. The van der Waals surface area contributed by atoms with Gasteiger partial charge in [-0.15, -0.1) is 10.2 Å². The highest BCUT2D eigenvalue weighted by atomic mass is 32.2. The SMILES string of the molecule is CC(C)(C)c1ccc(-c2nnc(SCCCc3nc(-c4ccncc4)no3)o2)cc1. The number of pyridine rings is 1. The van der Waals surface area contributed by atoms with Gasteiger partial charge in [0.25, 0.3) is 5.22 Å². The second-order valence-electron chi connectivity index (χ2n) is 7.90. The third-order valence-electron chi connectivity index (χ3n) is 4.57. The molecule has 0 aliphatic rings. The molecule has 4 rings (SSSR count). The van der Waals surface area contributed by atoms with Crippen LogP contribution in [0.3, 0.4) is 0 Å². The van der Waals surface area contributed by atoms with Crippen molar-refractivity contribution in [1.29, 1.82) is 0 Å². The van der Waals surface area contributed by atoms with E-state index in [1.165, 1.54) is 17.3 Å².